The highest BCUT2D eigenvalue weighted by Gasteiger charge is 2.36. The lowest BCUT2D eigenvalue weighted by molar-refractivity contribution is 0.0694. The molecule has 0 aromatic carbocycles. The van der Waals surface area contributed by atoms with E-state index in [1.165, 1.54) is 17.4 Å². The van der Waals surface area contributed by atoms with E-state index in [4.69, 9.17) is 9.52 Å². The molecule has 0 bridgehead atoms. The average molecular weight is 334 g/mol. The molecule has 2 N–H and O–H groups in total. The third-order valence-electron chi connectivity index (χ3n) is 3.87. The maximum atomic E-state index is 12.5. The van der Waals surface area contributed by atoms with E-state index >= 15 is 0 Å². The third kappa shape index (κ3) is 3.29. The number of amides is 1. The van der Waals surface area contributed by atoms with Crippen LogP contribution < -0.4 is 5.32 Å². The van der Waals surface area contributed by atoms with Crippen molar-refractivity contribution in [1.82, 2.24) is 10.3 Å². The van der Waals surface area contributed by atoms with Gasteiger partial charge >= 0.3 is 5.97 Å². The quantitative estimate of drug-likeness (QED) is 0.846. The molecule has 1 aliphatic carbocycles. The average Bonchev–Trinajstić information content (AvgIpc) is 3.10. The number of nitrogens with zero attached hydrogens (tertiary/aromatic N) is 1. The molecule has 1 amide bonds. The van der Waals surface area contributed by atoms with Crippen LogP contribution in [0.4, 0.5) is 0 Å². The van der Waals surface area contributed by atoms with Crippen molar-refractivity contribution in [1.29, 1.82) is 0 Å². The molecule has 6 nitrogen and oxygen atoms in total. The van der Waals surface area contributed by atoms with Gasteiger partial charge in [-0.25, -0.2) is 9.78 Å². The largest absolute Gasteiger partial charge is 0.478 e. The fraction of sp³-hybridized carbons (Fsp3) is 0.438. The SMILES string of the molecule is CCc1oc(C(=O)NC(c2nc(C)cs2)C2CC2)cc1C(=O)O. The van der Waals surface area contributed by atoms with E-state index in [0.29, 0.717) is 18.1 Å². The van der Waals surface area contributed by atoms with Crippen LogP contribution in [-0.2, 0) is 6.42 Å². The zero-order valence-corrected chi connectivity index (χ0v) is 13.8. The predicted octanol–water partition coefficient (Wildman–Crippen LogP) is 3.19. The maximum Gasteiger partial charge on any atom is 0.339 e. The number of hydrogen-bond donors (Lipinski definition) is 2. The molecule has 0 saturated heterocycles. The van der Waals surface area contributed by atoms with Gasteiger partial charge in [-0.1, -0.05) is 6.92 Å². The number of carboxylic acids is 1. The molecule has 0 radical (unpaired) electrons. The van der Waals surface area contributed by atoms with Crippen LogP contribution in [0.25, 0.3) is 0 Å². The van der Waals surface area contributed by atoms with E-state index in [1.54, 1.807) is 6.92 Å². The minimum atomic E-state index is -1.08. The van der Waals surface area contributed by atoms with Crippen molar-refractivity contribution in [2.24, 2.45) is 5.92 Å². The predicted molar refractivity (Wildman–Crippen MR) is 84.8 cm³/mol. The molecule has 2 heterocycles. The Kier molecular flexibility index (Phi) is 4.21. The van der Waals surface area contributed by atoms with Gasteiger partial charge in [0.2, 0.25) is 0 Å². The first-order valence-corrected chi connectivity index (χ1v) is 8.46. The highest BCUT2D eigenvalue weighted by molar-refractivity contribution is 7.09. The van der Waals surface area contributed by atoms with Gasteiger partial charge in [0, 0.05) is 23.6 Å². The van der Waals surface area contributed by atoms with Crippen LogP contribution in [0.2, 0.25) is 0 Å². The summed E-state index contributed by atoms with van der Waals surface area (Å²) in [5, 5.41) is 15.0. The second kappa shape index (κ2) is 6.16. The zero-order chi connectivity index (χ0) is 16.6. The van der Waals surface area contributed by atoms with Gasteiger partial charge < -0.3 is 14.8 Å². The molecule has 23 heavy (non-hydrogen) atoms. The van der Waals surface area contributed by atoms with Crippen LogP contribution in [0, 0.1) is 12.8 Å². The van der Waals surface area contributed by atoms with E-state index in [0.717, 1.165) is 23.5 Å². The minimum absolute atomic E-state index is 0.0400. The minimum Gasteiger partial charge on any atom is -0.478 e. The molecule has 1 aliphatic rings. The smallest absolute Gasteiger partial charge is 0.339 e. The van der Waals surface area contributed by atoms with Crippen molar-refractivity contribution in [3.05, 3.63) is 39.2 Å². The van der Waals surface area contributed by atoms with Gasteiger partial charge in [-0.15, -0.1) is 11.3 Å². The summed E-state index contributed by atoms with van der Waals surface area (Å²) in [7, 11) is 0. The molecule has 0 aliphatic heterocycles. The van der Waals surface area contributed by atoms with Gasteiger partial charge in [0.05, 0.1) is 6.04 Å². The van der Waals surface area contributed by atoms with Crippen molar-refractivity contribution >= 4 is 23.2 Å². The van der Waals surface area contributed by atoms with E-state index < -0.39 is 11.9 Å². The molecule has 7 heteroatoms. The Morgan fingerprint density at radius 2 is 2.26 bits per heavy atom. The first kappa shape index (κ1) is 15.7. The summed E-state index contributed by atoms with van der Waals surface area (Å²) in [5.41, 5.74) is 0.982. The van der Waals surface area contributed by atoms with Gasteiger partial charge in [-0.3, -0.25) is 4.79 Å². The number of hydrogen-bond acceptors (Lipinski definition) is 5. The van der Waals surface area contributed by atoms with Gasteiger partial charge in [-0.05, 0) is 25.7 Å². The van der Waals surface area contributed by atoms with E-state index in [9.17, 15) is 9.59 Å². The molecule has 122 valence electrons. The van der Waals surface area contributed by atoms with Crippen LogP contribution >= 0.6 is 11.3 Å². The molecule has 1 fully saturated rings. The van der Waals surface area contributed by atoms with Crippen LogP contribution in [0.1, 0.15) is 63.2 Å². The summed E-state index contributed by atoms with van der Waals surface area (Å²) in [6, 6.07) is 1.16. The van der Waals surface area contributed by atoms with Crippen molar-refractivity contribution in [3.63, 3.8) is 0 Å². The molecule has 1 unspecified atom stereocenters. The fourth-order valence-corrected chi connectivity index (χ4v) is 3.46. The lowest BCUT2D eigenvalue weighted by atomic mass is 10.2. The maximum absolute atomic E-state index is 12.5. The van der Waals surface area contributed by atoms with Gasteiger partial charge in [0.1, 0.15) is 16.3 Å². The first-order valence-electron chi connectivity index (χ1n) is 7.58. The Hall–Kier alpha value is -2.15. The van der Waals surface area contributed by atoms with E-state index in [2.05, 4.69) is 10.3 Å². The first-order chi connectivity index (χ1) is 11.0. The van der Waals surface area contributed by atoms with Crippen LogP contribution in [0.5, 0.6) is 0 Å². The molecular weight excluding hydrogens is 316 g/mol. The van der Waals surface area contributed by atoms with Crippen molar-refractivity contribution < 1.29 is 19.1 Å². The van der Waals surface area contributed by atoms with E-state index in [1.807, 2.05) is 12.3 Å². The van der Waals surface area contributed by atoms with Crippen molar-refractivity contribution in [2.75, 3.05) is 0 Å². The number of aromatic nitrogens is 1. The molecule has 1 saturated carbocycles. The summed E-state index contributed by atoms with van der Waals surface area (Å²) in [6.07, 6.45) is 2.54. The third-order valence-corrected chi connectivity index (χ3v) is 4.91. The zero-order valence-electron chi connectivity index (χ0n) is 13.0. The van der Waals surface area contributed by atoms with Crippen LogP contribution in [0.3, 0.4) is 0 Å². The van der Waals surface area contributed by atoms with Gasteiger partial charge in [0.25, 0.3) is 5.91 Å². The number of rotatable bonds is 6. The lowest BCUT2D eigenvalue weighted by Crippen LogP contribution is -2.29. The summed E-state index contributed by atoms with van der Waals surface area (Å²) in [4.78, 5) is 28.1. The number of carbonyl (C=O) groups excluding carboxylic acids is 1. The topological polar surface area (TPSA) is 92.4 Å². The highest BCUT2D eigenvalue weighted by Crippen LogP contribution is 2.42. The standard InChI is InChI=1S/C16H18N2O4S/c1-3-11-10(16(20)21)6-12(22-11)14(19)18-13(9-4-5-9)15-17-8(2)7-23-15/h6-7,9,13H,3-5H2,1-2H3,(H,18,19)(H,20,21). The lowest BCUT2D eigenvalue weighted by Gasteiger charge is -2.14. The van der Waals surface area contributed by atoms with Crippen LogP contribution in [0.15, 0.2) is 15.9 Å². The number of thiazole rings is 1. The Bertz CT molecular complexity index is 745. The molecule has 3 rings (SSSR count). The number of carbonyl (C=O) groups is 2. The molecule has 2 aromatic heterocycles. The summed E-state index contributed by atoms with van der Waals surface area (Å²) in [5.74, 6) is -0.728. The number of aryl methyl sites for hydroxylation is 2. The Morgan fingerprint density at radius 3 is 2.74 bits per heavy atom. The van der Waals surface area contributed by atoms with Crippen LogP contribution in [-0.4, -0.2) is 22.0 Å². The van der Waals surface area contributed by atoms with E-state index in [-0.39, 0.29) is 17.4 Å². The Morgan fingerprint density at radius 1 is 1.52 bits per heavy atom. The number of carboxylic acid groups (broad SMARTS) is 1. The van der Waals surface area contributed by atoms with Crippen molar-refractivity contribution in [2.45, 2.75) is 39.2 Å². The normalized spacial score (nSPS) is 15.4. The summed E-state index contributed by atoms with van der Waals surface area (Å²) >= 11 is 1.53. The van der Waals surface area contributed by atoms with Crippen molar-refractivity contribution in [3.8, 4) is 0 Å². The molecular formula is C16H18N2O4S. The monoisotopic (exact) mass is 334 g/mol. The molecule has 2 aromatic rings. The number of nitrogens with one attached hydrogen (secondary N) is 1. The Labute approximate surface area is 137 Å². The van der Waals surface area contributed by atoms with Gasteiger partial charge in [-0.2, -0.15) is 0 Å². The summed E-state index contributed by atoms with van der Waals surface area (Å²) in [6.45, 7) is 3.71. The highest BCUT2D eigenvalue weighted by atomic mass is 32.1. The number of furan rings is 1. The second-order valence-corrected chi connectivity index (χ2v) is 6.61. The second-order valence-electron chi connectivity index (χ2n) is 5.72. The summed E-state index contributed by atoms with van der Waals surface area (Å²) < 4.78 is 5.42. The Balaban J connectivity index is 1.81. The van der Waals surface area contributed by atoms with Gasteiger partial charge in [0.15, 0.2) is 5.76 Å². The number of aromatic carboxylic acids is 1. The molecule has 0 spiro atoms. The molecule has 1 atom stereocenters. The fourth-order valence-electron chi connectivity index (χ4n) is 2.52.